The lowest BCUT2D eigenvalue weighted by molar-refractivity contribution is -0.385. The fraction of sp³-hybridized carbons (Fsp3) is 0.333. The molecule has 104 valence electrons. The van der Waals surface area contributed by atoms with E-state index >= 15 is 0 Å². The van der Waals surface area contributed by atoms with Crippen LogP contribution in [0.15, 0.2) is 17.3 Å². The molecule has 8 nitrogen and oxygen atoms in total. The van der Waals surface area contributed by atoms with Crippen molar-refractivity contribution in [3.63, 3.8) is 0 Å². The first kappa shape index (κ1) is 14.5. The molecule has 0 atom stereocenters. The topological polar surface area (TPSA) is 118 Å². The maximum atomic E-state index is 12.2. The number of hydrogen-bond acceptors (Lipinski definition) is 6. The number of halogens is 2. The number of oxime groups is 1. The van der Waals surface area contributed by atoms with Crippen LogP contribution < -0.4 is 10.6 Å². The molecule has 0 saturated carbocycles. The molecule has 1 aromatic heterocycles. The Morgan fingerprint density at radius 1 is 1.68 bits per heavy atom. The lowest BCUT2D eigenvalue weighted by Crippen LogP contribution is -2.26. The molecule has 0 unspecified atom stereocenters. The quantitative estimate of drug-likeness (QED) is 0.269. The van der Waals surface area contributed by atoms with Crippen molar-refractivity contribution < 1.29 is 18.9 Å². The van der Waals surface area contributed by atoms with Crippen molar-refractivity contribution in [1.29, 1.82) is 0 Å². The number of nitro groups is 1. The molecule has 1 heterocycles. The third kappa shape index (κ3) is 3.47. The van der Waals surface area contributed by atoms with E-state index in [1.807, 2.05) is 0 Å². The van der Waals surface area contributed by atoms with E-state index in [9.17, 15) is 18.9 Å². The Hall–Kier alpha value is -2.52. The Labute approximate surface area is 106 Å². The highest BCUT2D eigenvalue weighted by Gasteiger charge is 2.21. The maximum absolute atomic E-state index is 12.2. The summed E-state index contributed by atoms with van der Waals surface area (Å²) >= 11 is 0. The Morgan fingerprint density at radius 3 is 2.79 bits per heavy atom. The molecule has 10 heteroatoms. The minimum atomic E-state index is -2.59. The van der Waals surface area contributed by atoms with E-state index in [1.54, 1.807) is 0 Å². The zero-order valence-corrected chi connectivity index (χ0v) is 9.83. The highest BCUT2D eigenvalue weighted by molar-refractivity contribution is 5.99. The van der Waals surface area contributed by atoms with Crippen molar-refractivity contribution in [2.45, 2.75) is 6.43 Å². The van der Waals surface area contributed by atoms with Gasteiger partial charge in [0.2, 0.25) is 0 Å². The van der Waals surface area contributed by atoms with Crippen LogP contribution in [0.4, 0.5) is 20.3 Å². The predicted molar refractivity (Wildman–Crippen MR) is 62.7 cm³/mol. The van der Waals surface area contributed by atoms with Gasteiger partial charge in [0, 0.05) is 13.1 Å². The van der Waals surface area contributed by atoms with Gasteiger partial charge in [0.25, 0.3) is 12.1 Å². The molecule has 0 aromatic carbocycles. The molecule has 0 saturated heterocycles. The number of anilines is 1. The first-order chi connectivity index (χ1) is 8.86. The van der Waals surface area contributed by atoms with Gasteiger partial charge in [-0.25, -0.2) is 13.8 Å². The molecular formula is C9H11F2N5O3. The van der Waals surface area contributed by atoms with Crippen molar-refractivity contribution in [3.05, 3.63) is 27.9 Å². The molecular weight excluding hydrogens is 264 g/mol. The van der Waals surface area contributed by atoms with E-state index in [1.165, 1.54) is 13.1 Å². The molecule has 3 N–H and O–H groups in total. The third-order valence-corrected chi connectivity index (χ3v) is 2.21. The Balaban J connectivity index is 3.22. The summed E-state index contributed by atoms with van der Waals surface area (Å²) < 4.78 is 24.5. The van der Waals surface area contributed by atoms with Crippen LogP contribution in [0.25, 0.3) is 0 Å². The summed E-state index contributed by atoms with van der Waals surface area (Å²) in [4.78, 5) is 14.8. The standard InChI is InChI=1S/C9H11F2N5O3/c1-15(4-6(10)11)7-3-2-5(16(18)19)8(13-7)9(12)14-17/h2-3,6,17H,4H2,1H3,(H2,12,14). The molecule has 0 amide bonds. The largest absolute Gasteiger partial charge is 0.409 e. The molecule has 0 spiro atoms. The highest BCUT2D eigenvalue weighted by Crippen LogP contribution is 2.21. The monoisotopic (exact) mass is 275 g/mol. The molecule has 19 heavy (non-hydrogen) atoms. The molecule has 0 bridgehead atoms. The second kappa shape index (κ2) is 5.89. The average Bonchev–Trinajstić information content (AvgIpc) is 2.36. The summed E-state index contributed by atoms with van der Waals surface area (Å²) in [6.45, 7) is -0.597. The van der Waals surface area contributed by atoms with Gasteiger partial charge in [0.1, 0.15) is 5.82 Å². The van der Waals surface area contributed by atoms with E-state index in [0.717, 1.165) is 11.0 Å². The molecule has 0 aliphatic heterocycles. The lowest BCUT2D eigenvalue weighted by Gasteiger charge is -2.17. The van der Waals surface area contributed by atoms with Gasteiger partial charge < -0.3 is 15.8 Å². The van der Waals surface area contributed by atoms with Crippen molar-refractivity contribution in [2.24, 2.45) is 10.9 Å². The zero-order chi connectivity index (χ0) is 14.6. The zero-order valence-electron chi connectivity index (χ0n) is 9.83. The van der Waals surface area contributed by atoms with Gasteiger partial charge in [-0.3, -0.25) is 10.1 Å². The Kier molecular flexibility index (Phi) is 4.51. The smallest absolute Gasteiger partial charge is 0.298 e. The van der Waals surface area contributed by atoms with Gasteiger partial charge in [-0.15, -0.1) is 0 Å². The van der Waals surface area contributed by atoms with Crippen LogP contribution in [0, 0.1) is 10.1 Å². The van der Waals surface area contributed by atoms with Crippen molar-refractivity contribution in [1.82, 2.24) is 4.98 Å². The van der Waals surface area contributed by atoms with Crippen molar-refractivity contribution in [2.75, 3.05) is 18.5 Å². The van der Waals surface area contributed by atoms with Gasteiger partial charge in [-0.1, -0.05) is 5.16 Å². The summed E-state index contributed by atoms with van der Waals surface area (Å²) in [5, 5.41) is 21.9. The normalized spacial score (nSPS) is 11.7. The fourth-order valence-electron chi connectivity index (χ4n) is 1.34. The van der Waals surface area contributed by atoms with Gasteiger partial charge >= 0.3 is 0 Å². The second-order valence-electron chi connectivity index (χ2n) is 3.55. The van der Waals surface area contributed by atoms with Crippen LogP contribution in [0.1, 0.15) is 5.69 Å². The Morgan fingerprint density at radius 2 is 2.32 bits per heavy atom. The summed E-state index contributed by atoms with van der Waals surface area (Å²) in [6, 6.07) is 2.26. The number of amidine groups is 1. The van der Waals surface area contributed by atoms with Gasteiger partial charge in [0.15, 0.2) is 11.5 Å². The number of nitrogens with zero attached hydrogens (tertiary/aromatic N) is 4. The summed E-state index contributed by atoms with van der Waals surface area (Å²) in [5.74, 6) is -0.522. The summed E-state index contributed by atoms with van der Waals surface area (Å²) in [6.07, 6.45) is -2.59. The fourth-order valence-corrected chi connectivity index (χ4v) is 1.34. The van der Waals surface area contributed by atoms with Gasteiger partial charge in [-0.2, -0.15) is 0 Å². The van der Waals surface area contributed by atoms with Gasteiger partial charge in [0.05, 0.1) is 11.5 Å². The van der Waals surface area contributed by atoms with Crippen LogP contribution in [0.2, 0.25) is 0 Å². The molecule has 0 radical (unpaired) electrons. The number of rotatable bonds is 5. The number of pyridine rings is 1. The minimum absolute atomic E-state index is 0.0486. The molecule has 1 rings (SSSR count). The van der Waals surface area contributed by atoms with Crippen LogP contribution in [0.5, 0.6) is 0 Å². The predicted octanol–water partition coefficient (Wildman–Crippen LogP) is 0.786. The average molecular weight is 275 g/mol. The lowest BCUT2D eigenvalue weighted by atomic mass is 10.2. The number of hydrogen-bond donors (Lipinski definition) is 2. The van der Waals surface area contributed by atoms with E-state index in [2.05, 4.69) is 10.1 Å². The van der Waals surface area contributed by atoms with E-state index < -0.39 is 29.4 Å². The number of nitrogens with two attached hydrogens (primary N) is 1. The summed E-state index contributed by atoms with van der Waals surface area (Å²) in [5.41, 5.74) is 4.40. The summed E-state index contributed by atoms with van der Waals surface area (Å²) in [7, 11) is 1.34. The second-order valence-corrected chi connectivity index (χ2v) is 3.55. The maximum Gasteiger partial charge on any atom is 0.298 e. The number of aromatic nitrogens is 1. The SMILES string of the molecule is CN(CC(F)F)c1ccc([N+](=O)[O-])c(/C(N)=N/O)n1. The van der Waals surface area contributed by atoms with E-state index in [-0.39, 0.29) is 11.5 Å². The number of alkyl halides is 2. The van der Waals surface area contributed by atoms with Crippen LogP contribution in [0.3, 0.4) is 0 Å². The molecule has 0 aliphatic carbocycles. The van der Waals surface area contributed by atoms with Gasteiger partial charge in [-0.05, 0) is 6.07 Å². The first-order valence-corrected chi connectivity index (χ1v) is 4.99. The van der Waals surface area contributed by atoms with E-state index in [0.29, 0.717) is 0 Å². The molecule has 0 fully saturated rings. The molecule has 0 aliphatic rings. The van der Waals surface area contributed by atoms with Crippen LogP contribution >= 0.6 is 0 Å². The molecule has 1 aromatic rings. The Bertz CT molecular complexity index is 509. The van der Waals surface area contributed by atoms with Crippen LogP contribution in [-0.2, 0) is 0 Å². The first-order valence-electron chi connectivity index (χ1n) is 4.99. The van der Waals surface area contributed by atoms with Crippen LogP contribution in [-0.4, -0.2) is 41.0 Å². The minimum Gasteiger partial charge on any atom is -0.409 e. The van der Waals surface area contributed by atoms with Crippen molar-refractivity contribution in [3.8, 4) is 0 Å². The highest BCUT2D eigenvalue weighted by atomic mass is 19.3. The van der Waals surface area contributed by atoms with E-state index in [4.69, 9.17) is 10.9 Å². The van der Waals surface area contributed by atoms with Crippen molar-refractivity contribution >= 4 is 17.3 Å². The third-order valence-electron chi connectivity index (χ3n) is 2.21.